The Morgan fingerprint density at radius 3 is 2.70 bits per heavy atom. The lowest BCUT2D eigenvalue weighted by atomic mass is 9.96. The molecule has 124 valence electrons. The number of carbonyl (C=O) groups is 1. The van der Waals surface area contributed by atoms with Crippen LogP contribution in [0.15, 0.2) is 24.3 Å². The van der Waals surface area contributed by atoms with Crippen molar-refractivity contribution in [2.75, 3.05) is 6.54 Å². The molecule has 6 heteroatoms. The first-order valence-electron chi connectivity index (χ1n) is 8.00. The summed E-state index contributed by atoms with van der Waals surface area (Å²) in [7, 11) is 0. The molecule has 0 aliphatic carbocycles. The Kier molecular flexibility index (Phi) is 5.87. The molecule has 1 aromatic heterocycles. The van der Waals surface area contributed by atoms with E-state index in [2.05, 4.69) is 20.5 Å². The number of nitrogens with one attached hydrogen (secondary N) is 2. The van der Waals surface area contributed by atoms with E-state index < -0.39 is 6.10 Å². The molecule has 0 aliphatic heterocycles. The van der Waals surface area contributed by atoms with Crippen molar-refractivity contribution in [3.8, 4) is 11.4 Å². The van der Waals surface area contributed by atoms with Gasteiger partial charge < -0.3 is 10.4 Å². The third-order valence-electron chi connectivity index (χ3n) is 4.04. The maximum Gasteiger partial charge on any atom is 0.251 e. The normalized spacial score (nSPS) is 12.4. The molecule has 23 heavy (non-hydrogen) atoms. The highest BCUT2D eigenvalue weighted by Crippen LogP contribution is 2.16. The van der Waals surface area contributed by atoms with E-state index in [0.29, 0.717) is 11.4 Å². The van der Waals surface area contributed by atoms with Crippen molar-refractivity contribution in [1.29, 1.82) is 0 Å². The minimum absolute atomic E-state index is 0.205. The number of rotatable bonds is 7. The van der Waals surface area contributed by atoms with Crippen LogP contribution in [0.3, 0.4) is 0 Å². The Balaban J connectivity index is 2.03. The molecule has 1 atom stereocenters. The van der Waals surface area contributed by atoms with Gasteiger partial charge in [-0.15, -0.1) is 0 Å². The quantitative estimate of drug-likeness (QED) is 0.731. The molecule has 3 N–H and O–H groups in total. The highest BCUT2D eigenvalue weighted by atomic mass is 16.3. The van der Waals surface area contributed by atoms with E-state index in [4.69, 9.17) is 0 Å². The number of hydrogen-bond acceptors (Lipinski definition) is 4. The van der Waals surface area contributed by atoms with Crippen molar-refractivity contribution in [1.82, 2.24) is 20.5 Å². The Hall–Kier alpha value is -2.21. The molecule has 1 unspecified atom stereocenters. The third kappa shape index (κ3) is 4.39. The van der Waals surface area contributed by atoms with Gasteiger partial charge in [0, 0.05) is 17.7 Å². The van der Waals surface area contributed by atoms with Crippen LogP contribution in [-0.4, -0.2) is 38.8 Å². The minimum Gasteiger partial charge on any atom is -0.391 e. The van der Waals surface area contributed by atoms with Crippen molar-refractivity contribution in [3.05, 3.63) is 35.7 Å². The van der Waals surface area contributed by atoms with Crippen LogP contribution in [0.25, 0.3) is 11.4 Å². The van der Waals surface area contributed by atoms with Crippen molar-refractivity contribution in [2.45, 2.75) is 39.7 Å². The van der Waals surface area contributed by atoms with Crippen LogP contribution >= 0.6 is 0 Å². The number of H-pyrrole nitrogens is 1. The van der Waals surface area contributed by atoms with Gasteiger partial charge in [0.15, 0.2) is 5.82 Å². The highest BCUT2D eigenvalue weighted by Gasteiger charge is 2.17. The van der Waals surface area contributed by atoms with Crippen molar-refractivity contribution in [2.24, 2.45) is 5.92 Å². The lowest BCUT2D eigenvalue weighted by molar-refractivity contribution is 0.0816. The van der Waals surface area contributed by atoms with Gasteiger partial charge in [-0.2, -0.15) is 5.10 Å². The van der Waals surface area contributed by atoms with Gasteiger partial charge in [0.1, 0.15) is 5.82 Å². The zero-order valence-corrected chi connectivity index (χ0v) is 13.8. The Morgan fingerprint density at radius 1 is 1.35 bits per heavy atom. The number of amides is 1. The highest BCUT2D eigenvalue weighted by molar-refractivity contribution is 5.95. The Morgan fingerprint density at radius 2 is 2.09 bits per heavy atom. The summed E-state index contributed by atoms with van der Waals surface area (Å²) >= 11 is 0. The minimum atomic E-state index is -0.521. The maximum absolute atomic E-state index is 12.3. The van der Waals surface area contributed by atoms with Crippen molar-refractivity contribution in [3.63, 3.8) is 0 Å². The van der Waals surface area contributed by atoms with Gasteiger partial charge in [-0.05, 0) is 25.0 Å². The fourth-order valence-electron chi connectivity index (χ4n) is 2.57. The Bertz CT molecular complexity index is 650. The lowest BCUT2D eigenvalue weighted by Gasteiger charge is -2.20. The van der Waals surface area contributed by atoms with Crippen LogP contribution < -0.4 is 5.32 Å². The molecule has 1 amide bonds. The van der Waals surface area contributed by atoms with Gasteiger partial charge in [0.2, 0.25) is 0 Å². The molecule has 0 saturated carbocycles. The number of aliphatic hydroxyl groups excluding tert-OH is 1. The number of aliphatic hydroxyl groups is 1. The van der Waals surface area contributed by atoms with E-state index in [0.717, 1.165) is 24.2 Å². The summed E-state index contributed by atoms with van der Waals surface area (Å²) < 4.78 is 0. The number of aromatic amines is 1. The maximum atomic E-state index is 12.3. The van der Waals surface area contributed by atoms with Crippen LogP contribution in [0, 0.1) is 12.8 Å². The monoisotopic (exact) mass is 316 g/mol. The summed E-state index contributed by atoms with van der Waals surface area (Å²) in [6, 6.07) is 7.15. The molecular weight excluding hydrogens is 292 g/mol. The van der Waals surface area contributed by atoms with E-state index >= 15 is 0 Å². The SMILES string of the molecule is CCC(CC)C(O)CNC(=O)c1cccc(-c2n[nH]c(C)n2)c1. The molecule has 0 fully saturated rings. The fourth-order valence-corrected chi connectivity index (χ4v) is 2.57. The number of benzene rings is 1. The van der Waals surface area contributed by atoms with Crippen LogP contribution in [-0.2, 0) is 0 Å². The van der Waals surface area contributed by atoms with Crippen LogP contribution in [0.4, 0.5) is 0 Å². The first-order valence-corrected chi connectivity index (χ1v) is 8.00. The van der Waals surface area contributed by atoms with E-state index in [-0.39, 0.29) is 18.4 Å². The molecule has 1 heterocycles. The third-order valence-corrected chi connectivity index (χ3v) is 4.04. The molecule has 6 nitrogen and oxygen atoms in total. The number of aromatic nitrogens is 3. The average Bonchev–Trinajstić information content (AvgIpc) is 3.00. The second-order valence-electron chi connectivity index (χ2n) is 5.68. The second kappa shape index (κ2) is 7.87. The van der Waals surface area contributed by atoms with Gasteiger partial charge in [-0.1, -0.05) is 38.8 Å². The largest absolute Gasteiger partial charge is 0.391 e. The fraction of sp³-hybridized carbons (Fsp3) is 0.471. The summed E-state index contributed by atoms with van der Waals surface area (Å²) in [4.78, 5) is 16.5. The van der Waals surface area contributed by atoms with Gasteiger partial charge in [-0.25, -0.2) is 4.98 Å². The number of nitrogens with zero attached hydrogens (tertiary/aromatic N) is 2. The van der Waals surface area contributed by atoms with Gasteiger partial charge in [0.25, 0.3) is 5.91 Å². The van der Waals surface area contributed by atoms with E-state index in [1.54, 1.807) is 18.2 Å². The average molecular weight is 316 g/mol. The zero-order chi connectivity index (χ0) is 16.8. The molecule has 0 saturated heterocycles. The Labute approximate surface area is 136 Å². The van der Waals surface area contributed by atoms with Crippen LogP contribution in [0.5, 0.6) is 0 Å². The van der Waals surface area contributed by atoms with Gasteiger partial charge in [-0.3, -0.25) is 9.89 Å². The number of aryl methyl sites for hydroxylation is 1. The lowest BCUT2D eigenvalue weighted by Crippen LogP contribution is -2.36. The summed E-state index contributed by atoms with van der Waals surface area (Å²) in [6.07, 6.45) is 1.27. The molecule has 2 aromatic rings. The second-order valence-corrected chi connectivity index (χ2v) is 5.68. The smallest absolute Gasteiger partial charge is 0.251 e. The number of carbonyl (C=O) groups excluding carboxylic acids is 1. The van der Waals surface area contributed by atoms with E-state index in [1.807, 2.05) is 26.8 Å². The standard InChI is InChI=1S/C17H24N4O2/c1-4-12(5-2)15(22)10-18-17(23)14-8-6-7-13(9-14)16-19-11(3)20-21-16/h6-9,12,15,22H,4-5,10H2,1-3H3,(H,18,23)(H,19,20,21). The predicted molar refractivity (Wildman–Crippen MR) is 89.0 cm³/mol. The summed E-state index contributed by atoms with van der Waals surface area (Å²) in [5, 5.41) is 19.8. The summed E-state index contributed by atoms with van der Waals surface area (Å²) in [5.74, 6) is 1.29. The van der Waals surface area contributed by atoms with Gasteiger partial charge >= 0.3 is 0 Å². The number of hydrogen-bond donors (Lipinski definition) is 3. The van der Waals surface area contributed by atoms with Gasteiger partial charge in [0.05, 0.1) is 6.10 Å². The first kappa shape index (κ1) is 17.1. The summed E-state index contributed by atoms with van der Waals surface area (Å²) in [5.41, 5.74) is 1.31. The van der Waals surface area contributed by atoms with Crippen LogP contribution in [0.2, 0.25) is 0 Å². The summed E-state index contributed by atoms with van der Waals surface area (Å²) in [6.45, 7) is 6.17. The molecule has 1 aromatic carbocycles. The molecule has 0 spiro atoms. The van der Waals surface area contributed by atoms with E-state index in [1.165, 1.54) is 0 Å². The zero-order valence-electron chi connectivity index (χ0n) is 13.8. The predicted octanol–water partition coefficient (Wildman–Crippen LogP) is 2.31. The van der Waals surface area contributed by atoms with Crippen LogP contribution in [0.1, 0.15) is 42.9 Å². The molecule has 0 aliphatic rings. The molecule has 0 bridgehead atoms. The van der Waals surface area contributed by atoms with E-state index in [9.17, 15) is 9.90 Å². The first-order chi connectivity index (χ1) is 11.0. The molecular formula is C17H24N4O2. The van der Waals surface area contributed by atoms with Crippen molar-refractivity contribution >= 4 is 5.91 Å². The molecule has 0 radical (unpaired) electrons. The topological polar surface area (TPSA) is 90.9 Å². The van der Waals surface area contributed by atoms with Crippen molar-refractivity contribution < 1.29 is 9.90 Å². The molecule has 2 rings (SSSR count).